The summed E-state index contributed by atoms with van der Waals surface area (Å²) in [7, 11) is 0. The fraction of sp³-hybridized carbons (Fsp3) is 0.875. The maximum atomic E-state index is 10.7. The van der Waals surface area contributed by atoms with Gasteiger partial charge in [0.15, 0.2) is 0 Å². The van der Waals surface area contributed by atoms with E-state index in [9.17, 15) is 4.79 Å². The van der Waals surface area contributed by atoms with Gasteiger partial charge in [-0.2, -0.15) is 0 Å². The van der Waals surface area contributed by atoms with Crippen molar-refractivity contribution < 1.29 is 4.79 Å². The Bertz CT molecular complexity index is 129. The van der Waals surface area contributed by atoms with E-state index in [0.29, 0.717) is 18.9 Å². The van der Waals surface area contributed by atoms with Crippen LogP contribution in [0.15, 0.2) is 0 Å². The minimum absolute atomic E-state index is 0.280. The molecule has 0 amide bonds. The number of hydrogen-bond acceptors (Lipinski definition) is 2. The first-order chi connectivity index (χ1) is 4.74. The smallest absolute Gasteiger partial charge is 0.130 e. The van der Waals surface area contributed by atoms with E-state index < -0.39 is 0 Å². The lowest BCUT2D eigenvalue weighted by Gasteiger charge is -2.09. The minimum Gasteiger partial charge on any atom is -0.330 e. The highest BCUT2D eigenvalue weighted by atomic mass is 16.1. The fourth-order valence-corrected chi connectivity index (χ4v) is 1.38. The second-order valence-electron chi connectivity index (χ2n) is 3.24. The predicted molar refractivity (Wildman–Crippen MR) is 40.6 cm³/mol. The van der Waals surface area contributed by atoms with Crippen molar-refractivity contribution in [3.05, 3.63) is 0 Å². The third kappa shape index (κ3) is 2.10. The van der Waals surface area contributed by atoms with Crippen LogP contribution in [0, 0.1) is 11.8 Å². The molecular weight excluding hydrogens is 126 g/mol. The summed E-state index contributed by atoms with van der Waals surface area (Å²) in [5.74, 6) is 1.54. The Morgan fingerprint density at radius 1 is 1.70 bits per heavy atom. The Balaban J connectivity index is 2.25. The van der Waals surface area contributed by atoms with Gasteiger partial charge in [-0.1, -0.05) is 0 Å². The normalized spacial score (nSPS) is 20.6. The van der Waals surface area contributed by atoms with Gasteiger partial charge in [-0.05, 0) is 38.1 Å². The Morgan fingerprint density at radius 2 is 2.30 bits per heavy atom. The summed E-state index contributed by atoms with van der Waals surface area (Å²) in [6.07, 6.45) is 3.27. The first kappa shape index (κ1) is 7.73. The molecule has 0 aliphatic heterocycles. The van der Waals surface area contributed by atoms with Crippen molar-refractivity contribution in [1.82, 2.24) is 0 Å². The van der Waals surface area contributed by atoms with E-state index in [1.54, 1.807) is 6.92 Å². The summed E-state index contributed by atoms with van der Waals surface area (Å²) >= 11 is 0. The van der Waals surface area contributed by atoms with Crippen LogP contribution >= 0.6 is 0 Å². The van der Waals surface area contributed by atoms with Crippen molar-refractivity contribution in [3.8, 4) is 0 Å². The van der Waals surface area contributed by atoms with Gasteiger partial charge in [-0.15, -0.1) is 0 Å². The Morgan fingerprint density at radius 3 is 2.60 bits per heavy atom. The molecule has 1 saturated carbocycles. The molecule has 0 spiro atoms. The number of hydrogen-bond donors (Lipinski definition) is 1. The summed E-state index contributed by atoms with van der Waals surface area (Å²) in [6, 6.07) is 0. The molecule has 2 heteroatoms. The number of carbonyl (C=O) groups is 1. The van der Waals surface area contributed by atoms with Crippen molar-refractivity contribution in [2.24, 2.45) is 17.6 Å². The Labute approximate surface area is 61.8 Å². The van der Waals surface area contributed by atoms with Crippen LogP contribution in [-0.2, 0) is 4.79 Å². The summed E-state index contributed by atoms with van der Waals surface area (Å²) in [4.78, 5) is 10.7. The molecule has 0 aromatic carbocycles. The molecule has 1 unspecified atom stereocenters. The van der Waals surface area contributed by atoms with Crippen LogP contribution in [0.5, 0.6) is 0 Å². The highest BCUT2D eigenvalue weighted by molar-refractivity contribution is 5.75. The quantitative estimate of drug-likeness (QED) is 0.633. The predicted octanol–water partition coefficient (Wildman–Crippen LogP) is 0.950. The first-order valence-electron chi connectivity index (χ1n) is 3.93. The molecule has 0 radical (unpaired) electrons. The summed E-state index contributed by atoms with van der Waals surface area (Å²) in [5, 5.41) is 0. The molecule has 1 atom stereocenters. The van der Waals surface area contributed by atoms with Gasteiger partial charge < -0.3 is 10.5 Å². The van der Waals surface area contributed by atoms with Crippen LogP contribution in [0.3, 0.4) is 0 Å². The van der Waals surface area contributed by atoms with Crippen LogP contribution in [-0.4, -0.2) is 12.3 Å². The van der Waals surface area contributed by atoms with Crippen LogP contribution < -0.4 is 5.73 Å². The molecule has 0 aromatic rings. The summed E-state index contributed by atoms with van der Waals surface area (Å²) in [6.45, 7) is 2.33. The lowest BCUT2D eigenvalue weighted by molar-refractivity contribution is -0.118. The number of rotatable bonds is 4. The van der Waals surface area contributed by atoms with Crippen molar-refractivity contribution in [3.63, 3.8) is 0 Å². The van der Waals surface area contributed by atoms with Gasteiger partial charge in [0, 0.05) is 6.42 Å². The number of carbonyl (C=O) groups excluding carboxylic acids is 1. The molecule has 10 heavy (non-hydrogen) atoms. The number of Topliss-reactive ketones (excluding diaryl/α,β-unsaturated/α-hetero) is 1. The third-order valence-corrected chi connectivity index (χ3v) is 2.14. The molecule has 1 fully saturated rings. The maximum Gasteiger partial charge on any atom is 0.130 e. The topological polar surface area (TPSA) is 43.1 Å². The van der Waals surface area contributed by atoms with Gasteiger partial charge in [-0.25, -0.2) is 0 Å². The molecule has 0 bridgehead atoms. The Hall–Kier alpha value is -0.370. The number of ketones is 1. The zero-order chi connectivity index (χ0) is 7.56. The second-order valence-corrected chi connectivity index (χ2v) is 3.24. The molecular formula is C8H15NO. The van der Waals surface area contributed by atoms with Crippen molar-refractivity contribution in [1.29, 1.82) is 0 Å². The number of nitrogens with two attached hydrogens (primary N) is 1. The van der Waals surface area contributed by atoms with Gasteiger partial charge >= 0.3 is 0 Å². The van der Waals surface area contributed by atoms with E-state index in [-0.39, 0.29) is 5.78 Å². The van der Waals surface area contributed by atoms with Crippen molar-refractivity contribution in [2.75, 3.05) is 6.54 Å². The molecule has 0 heterocycles. The van der Waals surface area contributed by atoms with Crippen LogP contribution in [0.2, 0.25) is 0 Å². The van der Waals surface area contributed by atoms with Gasteiger partial charge in [0.1, 0.15) is 5.78 Å². The molecule has 0 aromatic heterocycles. The SMILES string of the molecule is CC(=O)CC(CN)C1CC1. The van der Waals surface area contributed by atoms with E-state index in [4.69, 9.17) is 5.73 Å². The molecule has 1 rings (SSSR count). The lowest BCUT2D eigenvalue weighted by Crippen LogP contribution is -2.18. The highest BCUT2D eigenvalue weighted by Gasteiger charge is 2.30. The van der Waals surface area contributed by atoms with Gasteiger partial charge in [0.05, 0.1) is 0 Å². The Kier molecular flexibility index (Phi) is 2.44. The zero-order valence-electron chi connectivity index (χ0n) is 6.47. The standard InChI is InChI=1S/C8H15NO/c1-6(10)4-8(5-9)7-2-3-7/h7-8H,2-5,9H2,1H3. The van der Waals surface area contributed by atoms with Crippen molar-refractivity contribution in [2.45, 2.75) is 26.2 Å². The molecule has 1 aliphatic carbocycles. The van der Waals surface area contributed by atoms with E-state index in [1.165, 1.54) is 12.8 Å². The molecule has 0 saturated heterocycles. The highest BCUT2D eigenvalue weighted by Crippen LogP contribution is 2.37. The molecule has 2 nitrogen and oxygen atoms in total. The second kappa shape index (κ2) is 3.15. The van der Waals surface area contributed by atoms with Crippen molar-refractivity contribution >= 4 is 5.78 Å². The largest absolute Gasteiger partial charge is 0.330 e. The minimum atomic E-state index is 0.280. The first-order valence-corrected chi connectivity index (χ1v) is 3.93. The fourth-order valence-electron chi connectivity index (χ4n) is 1.38. The molecule has 2 N–H and O–H groups in total. The maximum absolute atomic E-state index is 10.7. The van der Waals surface area contributed by atoms with E-state index in [0.717, 1.165) is 5.92 Å². The van der Waals surface area contributed by atoms with Crippen LogP contribution in [0.1, 0.15) is 26.2 Å². The van der Waals surface area contributed by atoms with Gasteiger partial charge in [-0.3, -0.25) is 0 Å². The van der Waals surface area contributed by atoms with Crippen LogP contribution in [0.4, 0.5) is 0 Å². The van der Waals surface area contributed by atoms with E-state index in [1.807, 2.05) is 0 Å². The average Bonchev–Trinajstić information content (AvgIpc) is 2.63. The van der Waals surface area contributed by atoms with E-state index >= 15 is 0 Å². The summed E-state index contributed by atoms with van der Waals surface area (Å²) in [5.41, 5.74) is 5.51. The average molecular weight is 141 g/mol. The monoisotopic (exact) mass is 141 g/mol. The summed E-state index contributed by atoms with van der Waals surface area (Å²) < 4.78 is 0. The molecule has 1 aliphatic rings. The third-order valence-electron chi connectivity index (χ3n) is 2.14. The van der Waals surface area contributed by atoms with Crippen LogP contribution in [0.25, 0.3) is 0 Å². The van der Waals surface area contributed by atoms with Gasteiger partial charge in [0.2, 0.25) is 0 Å². The zero-order valence-corrected chi connectivity index (χ0v) is 6.47. The molecule has 58 valence electrons. The van der Waals surface area contributed by atoms with E-state index in [2.05, 4.69) is 0 Å². The van der Waals surface area contributed by atoms with Gasteiger partial charge in [0.25, 0.3) is 0 Å². The lowest BCUT2D eigenvalue weighted by atomic mass is 9.98.